The number of methoxy groups -OCH3 is 1. The second-order valence-corrected chi connectivity index (χ2v) is 9.71. The Bertz CT molecular complexity index is 969. The molecule has 0 saturated carbocycles. The first-order chi connectivity index (χ1) is 15.3. The highest BCUT2D eigenvalue weighted by atomic mass is 35.5. The molecule has 33 heavy (non-hydrogen) atoms. The number of nitrogens with zero attached hydrogens (tertiary/aromatic N) is 3. The van der Waals surface area contributed by atoms with Crippen LogP contribution in [-0.4, -0.2) is 67.8 Å². The maximum atomic E-state index is 13.5. The van der Waals surface area contributed by atoms with Gasteiger partial charge in [0.2, 0.25) is 5.91 Å². The summed E-state index contributed by atoms with van der Waals surface area (Å²) >= 11 is 0. The van der Waals surface area contributed by atoms with Gasteiger partial charge in [-0.25, -0.2) is 4.39 Å². The molecule has 3 heterocycles. The van der Waals surface area contributed by atoms with Crippen molar-refractivity contribution < 1.29 is 13.9 Å². The fourth-order valence-electron chi connectivity index (χ4n) is 4.77. The van der Waals surface area contributed by atoms with Crippen molar-refractivity contribution in [1.82, 2.24) is 15.2 Å². The molecule has 0 aliphatic carbocycles. The van der Waals surface area contributed by atoms with Gasteiger partial charge in [0.25, 0.3) is 0 Å². The minimum Gasteiger partial charge on any atom is -0.383 e. The van der Waals surface area contributed by atoms with Gasteiger partial charge in [-0.2, -0.15) is 0 Å². The van der Waals surface area contributed by atoms with Crippen LogP contribution in [0, 0.1) is 5.82 Å². The number of hydrogen-bond acceptors (Lipinski definition) is 5. The molecule has 180 valence electrons. The minimum absolute atomic E-state index is 0. The molecular formula is C25H34ClFN4O2. The van der Waals surface area contributed by atoms with Crippen LogP contribution in [0.3, 0.4) is 0 Å². The maximum Gasteiger partial charge on any atom is 0.241 e. The van der Waals surface area contributed by atoms with Gasteiger partial charge in [0, 0.05) is 68.1 Å². The first kappa shape index (κ1) is 25.6. The number of fused-ring (bicyclic) bond motifs is 1. The number of carbonyl (C=O) groups excluding carboxylic acids is 1. The van der Waals surface area contributed by atoms with E-state index in [1.165, 1.54) is 12.1 Å². The van der Waals surface area contributed by atoms with E-state index in [2.05, 4.69) is 36.0 Å². The minimum atomic E-state index is -0.247. The van der Waals surface area contributed by atoms with Gasteiger partial charge in [0.15, 0.2) is 0 Å². The van der Waals surface area contributed by atoms with Crippen molar-refractivity contribution in [3.05, 3.63) is 59.2 Å². The highest BCUT2D eigenvalue weighted by molar-refractivity contribution is 5.97. The smallest absolute Gasteiger partial charge is 0.241 e. The molecule has 1 saturated heterocycles. The fraction of sp³-hybridized carbons (Fsp3) is 0.520. The monoisotopic (exact) mass is 476 g/mol. The topological polar surface area (TPSA) is 57.7 Å². The number of rotatable bonds is 6. The van der Waals surface area contributed by atoms with E-state index in [4.69, 9.17) is 4.74 Å². The summed E-state index contributed by atoms with van der Waals surface area (Å²) in [4.78, 5) is 22.3. The number of benzene rings is 1. The lowest BCUT2D eigenvalue weighted by Gasteiger charge is -2.39. The average Bonchev–Trinajstić information content (AvgIpc) is 3.02. The van der Waals surface area contributed by atoms with Crippen molar-refractivity contribution in [2.75, 3.05) is 44.8 Å². The van der Waals surface area contributed by atoms with E-state index < -0.39 is 0 Å². The standard InChI is InChI=1S/C25H33FN4O2.ClH/c1-17-13-29(21(11-27-17)15-32-4)14-24(31)30-16-25(2,3)22-12-28-20(10-23(22)30)9-18-5-7-19(26)8-6-18;/h5-8,10,12,17,21,27H,9,11,13-16H2,1-4H3;1H/t17-,21-;/m1./s1. The van der Waals surface area contributed by atoms with E-state index in [1.807, 2.05) is 17.2 Å². The molecule has 1 fully saturated rings. The lowest BCUT2D eigenvalue weighted by molar-refractivity contribution is -0.121. The van der Waals surface area contributed by atoms with E-state index >= 15 is 0 Å². The number of pyridine rings is 1. The number of nitrogens with one attached hydrogen (secondary N) is 1. The average molecular weight is 477 g/mol. The lowest BCUT2D eigenvalue weighted by Crippen LogP contribution is -2.59. The summed E-state index contributed by atoms with van der Waals surface area (Å²) in [6, 6.07) is 9.03. The van der Waals surface area contributed by atoms with Crippen LogP contribution in [0.25, 0.3) is 0 Å². The summed E-state index contributed by atoms with van der Waals surface area (Å²) in [5.41, 5.74) is 3.74. The zero-order chi connectivity index (χ0) is 22.9. The molecular weight excluding hydrogens is 443 g/mol. The first-order valence-corrected chi connectivity index (χ1v) is 11.3. The van der Waals surface area contributed by atoms with Crippen LogP contribution < -0.4 is 10.2 Å². The molecule has 2 aromatic rings. The van der Waals surface area contributed by atoms with E-state index in [0.29, 0.717) is 32.2 Å². The van der Waals surface area contributed by atoms with Gasteiger partial charge in [0.05, 0.1) is 18.8 Å². The Hall–Kier alpha value is -2.06. The lowest BCUT2D eigenvalue weighted by atomic mass is 9.88. The molecule has 6 nitrogen and oxygen atoms in total. The Morgan fingerprint density at radius 1 is 1.30 bits per heavy atom. The van der Waals surface area contributed by atoms with Gasteiger partial charge in [0.1, 0.15) is 5.82 Å². The molecule has 8 heteroatoms. The normalized spacial score (nSPS) is 22.0. The van der Waals surface area contributed by atoms with Crippen LogP contribution in [0.15, 0.2) is 36.5 Å². The number of amides is 1. The van der Waals surface area contributed by atoms with Crippen molar-refractivity contribution >= 4 is 24.0 Å². The number of anilines is 1. The van der Waals surface area contributed by atoms with Gasteiger partial charge >= 0.3 is 0 Å². The van der Waals surface area contributed by atoms with Crippen LogP contribution in [0.5, 0.6) is 0 Å². The summed E-state index contributed by atoms with van der Waals surface area (Å²) in [6.45, 7) is 9.68. The molecule has 1 aromatic carbocycles. The van der Waals surface area contributed by atoms with Crippen LogP contribution in [0.4, 0.5) is 10.1 Å². The fourth-order valence-corrected chi connectivity index (χ4v) is 4.77. The summed E-state index contributed by atoms with van der Waals surface area (Å²) in [5, 5.41) is 3.47. The van der Waals surface area contributed by atoms with Crippen LogP contribution >= 0.6 is 12.4 Å². The second-order valence-electron chi connectivity index (χ2n) is 9.71. The molecule has 2 atom stereocenters. The third kappa shape index (κ3) is 5.72. The number of piperazine rings is 1. The number of ether oxygens (including phenoxy) is 1. The van der Waals surface area contributed by atoms with E-state index in [0.717, 1.165) is 35.6 Å². The van der Waals surface area contributed by atoms with Crippen molar-refractivity contribution in [1.29, 1.82) is 0 Å². The maximum absolute atomic E-state index is 13.5. The van der Waals surface area contributed by atoms with Crippen molar-refractivity contribution in [3.8, 4) is 0 Å². The third-order valence-electron chi connectivity index (χ3n) is 6.54. The quantitative estimate of drug-likeness (QED) is 0.694. The number of carbonyl (C=O) groups is 1. The molecule has 0 bridgehead atoms. The molecule has 0 spiro atoms. The van der Waals surface area contributed by atoms with Crippen molar-refractivity contribution in [2.24, 2.45) is 0 Å². The zero-order valence-corrected chi connectivity index (χ0v) is 20.6. The van der Waals surface area contributed by atoms with Crippen LogP contribution in [0.1, 0.15) is 37.6 Å². The van der Waals surface area contributed by atoms with Crippen LogP contribution in [-0.2, 0) is 21.4 Å². The van der Waals surface area contributed by atoms with Gasteiger partial charge in [-0.15, -0.1) is 12.4 Å². The third-order valence-corrected chi connectivity index (χ3v) is 6.54. The Morgan fingerprint density at radius 2 is 2.03 bits per heavy atom. The van der Waals surface area contributed by atoms with Gasteiger partial charge in [-0.05, 0) is 30.7 Å². The highest BCUT2D eigenvalue weighted by Crippen LogP contribution is 2.40. The number of halogens is 2. The molecule has 2 aliphatic heterocycles. The first-order valence-electron chi connectivity index (χ1n) is 11.3. The van der Waals surface area contributed by atoms with E-state index in [1.54, 1.807) is 19.2 Å². The summed E-state index contributed by atoms with van der Waals surface area (Å²) in [5.74, 6) is -0.144. The van der Waals surface area contributed by atoms with Crippen molar-refractivity contribution in [2.45, 2.75) is 44.7 Å². The second kappa shape index (κ2) is 10.5. The van der Waals surface area contributed by atoms with E-state index in [9.17, 15) is 9.18 Å². The Kier molecular flexibility index (Phi) is 8.11. The SMILES string of the molecule is COC[C@H]1CN[C@H](C)CN1CC(=O)N1CC(C)(C)c2cnc(Cc3ccc(F)cc3)cc21.Cl. The molecule has 1 N–H and O–H groups in total. The van der Waals surface area contributed by atoms with Gasteiger partial charge in [-0.3, -0.25) is 14.7 Å². The van der Waals surface area contributed by atoms with Gasteiger partial charge < -0.3 is 15.0 Å². The number of hydrogen-bond donors (Lipinski definition) is 1. The zero-order valence-electron chi connectivity index (χ0n) is 19.8. The van der Waals surface area contributed by atoms with Gasteiger partial charge in [-0.1, -0.05) is 26.0 Å². The Morgan fingerprint density at radius 3 is 2.73 bits per heavy atom. The Labute approximate surface area is 201 Å². The highest BCUT2D eigenvalue weighted by Gasteiger charge is 2.39. The molecule has 4 rings (SSSR count). The predicted octanol–water partition coefficient (Wildman–Crippen LogP) is 3.17. The molecule has 2 aliphatic rings. The van der Waals surface area contributed by atoms with E-state index in [-0.39, 0.29) is 35.6 Å². The summed E-state index contributed by atoms with van der Waals surface area (Å²) < 4.78 is 18.6. The predicted molar refractivity (Wildman–Crippen MR) is 131 cm³/mol. The van der Waals surface area contributed by atoms with Crippen molar-refractivity contribution in [3.63, 3.8) is 0 Å². The summed E-state index contributed by atoms with van der Waals surface area (Å²) in [7, 11) is 1.70. The molecule has 0 radical (unpaired) electrons. The largest absolute Gasteiger partial charge is 0.383 e. The molecule has 1 amide bonds. The van der Waals surface area contributed by atoms with Crippen LogP contribution in [0.2, 0.25) is 0 Å². The molecule has 1 aromatic heterocycles. The number of aromatic nitrogens is 1. The Balaban J connectivity index is 0.00000306. The molecule has 0 unspecified atom stereocenters. The summed E-state index contributed by atoms with van der Waals surface area (Å²) in [6.07, 6.45) is 2.50.